The molecule has 0 rings (SSSR count). The number of carboxylic acids is 1. The molecule has 0 radical (unpaired) electrons. The highest BCUT2D eigenvalue weighted by molar-refractivity contribution is 5.85. The summed E-state index contributed by atoms with van der Waals surface area (Å²) in [4.78, 5) is 22.3. The van der Waals surface area contributed by atoms with Crippen molar-refractivity contribution in [1.82, 2.24) is 5.32 Å². The van der Waals surface area contributed by atoms with Gasteiger partial charge in [0.1, 0.15) is 12.1 Å². The van der Waals surface area contributed by atoms with Crippen molar-refractivity contribution in [3.8, 4) is 0 Å². The van der Waals surface area contributed by atoms with Crippen molar-refractivity contribution in [2.45, 2.75) is 51.7 Å². The molecular formula is C11H21NO4. The predicted molar refractivity (Wildman–Crippen MR) is 60.2 cm³/mol. The molecule has 0 saturated heterocycles. The van der Waals surface area contributed by atoms with Gasteiger partial charge in [-0.1, -0.05) is 26.2 Å². The van der Waals surface area contributed by atoms with Gasteiger partial charge in [0.15, 0.2) is 0 Å². The molecular weight excluding hydrogens is 210 g/mol. The molecule has 0 saturated carbocycles. The van der Waals surface area contributed by atoms with Gasteiger partial charge in [-0.2, -0.15) is 0 Å². The zero-order valence-corrected chi connectivity index (χ0v) is 10.2. The van der Waals surface area contributed by atoms with E-state index in [0.29, 0.717) is 6.42 Å². The molecule has 0 bridgehead atoms. The van der Waals surface area contributed by atoms with Gasteiger partial charge >= 0.3 is 5.97 Å². The van der Waals surface area contributed by atoms with Gasteiger partial charge in [0.25, 0.3) is 0 Å². The summed E-state index contributed by atoms with van der Waals surface area (Å²) >= 11 is 0. The highest BCUT2D eigenvalue weighted by Gasteiger charge is 2.22. The molecule has 0 aliphatic carbocycles. The molecule has 5 heteroatoms. The van der Waals surface area contributed by atoms with E-state index in [-0.39, 0.29) is 5.91 Å². The van der Waals surface area contributed by atoms with E-state index < -0.39 is 18.1 Å². The number of amides is 1. The van der Waals surface area contributed by atoms with Crippen molar-refractivity contribution in [3.05, 3.63) is 0 Å². The lowest BCUT2D eigenvalue weighted by Gasteiger charge is -2.16. The highest BCUT2D eigenvalue weighted by atomic mass is 16.5. The number of aliphatic carboxylic acids is 1. The summed E-state index contributed by atoms with van der Waals surface area (Å²) in [5, 5.41) is 11.4. The summed E-state index contributed by atoms with van der Waals surface area (Å²) in [6, 6.07) is -0.809. The van der Waals surface area contributed by atoms with Gasteiger partial charge in [0.05, 0.1) is 0 Å². The molecule has 2 N–H and O–H groups in total. The van der Waals surface area contributed by atoms with Crippen LogP contribution in [0.25, 0.3) is 0 Å². The smallest absolute Gasteiger partial charge is 0.326 e. The molecule has 0 aromatic carbocycles. The van der Waals surface area contributed by atoms with Crippen LogP contribution in [0.4, 0.5) is 0 Å². The van der Waals surface area contributed by atoms with E-state index in [1.54, 1.807) is 6.92 Å². The Bertz CT molecular complexity index is 230. The van der Waals surface area contributed by atoms with E-state index in [1.807, 2.05) is 6.92 Å². The largest absolute Gasteiger partial charge is 0.480 e. The molecule has 16 heavy (non-hydrogen) atoms. The molecule has 94 valence electrons. The minimum atomic E-state index is -0.993. The number of carboxylic acid groups (broad SMARTS) is 1. The summed E-state index contributed by atoms with van der Waals surface area (Å²) in [7, 11) is 1.41. The fourth-order valence-electron chi connectivity index (χ4n) is 1.25. The molecule has 0 aliphatic rings. The average molecular weight is 231 g/mol. The quantitative estimate of drug-likeness (QED) is 0.615. The van der Waals surface area contributed by atoms with Crippen LogP contribution in [0.3, 0.4) is 0 Å². The van der Waals surface area contributed by atoms with E-state index in [4.69, 9.17) is 9.84 Å². The Morgan fingerprint density at radius 2 is 2.00 bits per heavy atom. The second-order valence-corrected chi connectivity index (χ2v) is 3.77. The SMILES string of the molecule is CCCCCC(NC(=O)C(C)OC)C(=O)O. The van der Waals surface area contributed by atoms with E-state index in [0.717, 1.165) is 19.3 Å². The maximum atomic E-state index is 11.4. The second-order valence-electron chi connectivity index (χ2n) is 3.77. The Hall–Kier alpha value is -1.10. The average Bonchev–Trinajstić information content (AvgIpc) is 2.26. The lowest BCUT2D eigenvalue weighted by molar-refractivity contribution is -0.143. The van der Waals surface area contributed by atoms with Crippen LogP contribution in [0.2, 0.25) is 0 Å². The molecule has 0 aromatic rings. The van der Waals surface area contributed by atoms with Crippen molar-refractivity contribution in [1.29, 1.82) is 0 Å². The Kier molecular flexibility index (Phi) is 7.54. The number of nitrogens with one attached hydrogen (secondary N) is 1. The van der Waals surface area contributed by atoms with E-state index in [2.05, 4.69) is 5.32 Å². The Balaban J connectivity index is 4.12. The normalized spacial score (nSPS) is 14.2. The minimum Gasteiger partial charge on any atom is -0.480 e. The van der Waals surface area contributed by atoms with E-state index >= 15 is 0 Å². The molecule has 0 aliphatic heterocycles. The first-order valence-corrected chi connectivity index (χ1v) is 5.58. The Labute approximate surface area is 96.2 Å². The lowest BCUT2D eigenvalue weighted by Crippen LogP contribution is -2.45. The summed E-state index contributed by atoms with van der Waals surface area (Å²) in [5.41, 5.74) is 0. The number of hydrogen-bond acceptors (Lipinski definition) is 3. The molecule has 1 amide bonds. The van der Waals surface area contributed by atoms with Gasteiger partial charge in [-0.15, -0.1) is 0 Å². The molecule has 0 spiro atoms. The predicted octanol–water partition coefficient (Wildman–Crippen LogP) is 1.17. The van der Waals surface area contributed by atoms with Gasteiger partial charge in [-0.25, -0.2) is 4.79 Å². The lowest BCUT2D eigenvalue weighted by atomic mass is 10.1. The van der Waals surface area contributed by atoms with Gasteiger partial charge in [0.2, 0.25) is 5.91 Å². The number of ether oxygens (including phenoxy) is 1. The number of carbonyl (C=O) groups is 2. The molecule has 0 aromatic heterocycles. The molecule has 2 unspecified atom stereocenters. The van der Waals surface area contributed by atoms with Crippen LogP contribution in [0.1, 0.15) is 39.5 Å². The first kappa shape index (κ1) is 14.9. The van der Waals surface area contributed by atoms with Gasteiger partial charge in [-0.05, 0) is 13.3 Å². The van der Waals surface area contributed by atoms with Crippen LogP contribution in [0.5, 0.6) is 0 Å². The van der Waals surface area contributed by atoms with Crippen molar-refractivity contribution in [2.24, 2.45) is 0 Å². The van der Waals surface area contributed by atoms with Crippen LogP contribution >= 0.6 is 0 Å². The number of carbonyl (C=O) groups excluding carboxylic acids is 1. The zero-order chi connectivity index (χ0) is 12.6. The summed E-state index contributed by atoms with van der Waals surface area (Å²) in [6.07, 6.45) is 2.64. The first-order chi connectivity index (χ1) is 7.52. The third-order valence-electron chi connectivity index (χ3n) is 2.43. The molecule has 2 atom stereocenters. The third kappa shape index (κ3) is 5.70. The van der Waals surface area contributed by atoms with Gasteiger partial charge in [0, 0.05) is 7.11 Å². The van der Waals surface area contributed by atoms with Crippen LogP contribution in [0, 0.1) is 0 Å². The monoisotopic (exact) mass is 231 g/mol. The Morgan fingerprint density at radius 3 is 2.44 bits per heavy atom. The highest BCUT2D eigenvalue weighted by Crippen LogP contribution is 2.04. The Morgan fingerprint density at radius 1 is 1.38 bits per heavy atom. The van der Waals surface area contributed by atoms with Crippen molar-refractivity contribution in [3.63, 3.8) is 0 Å². The molecule has 5 nitrogen and oxygen atoms in total. The van der Waals surface area contributed by atoms with Crippen molar-refractivity contribution < 1.29 is 19.4 Å². The van der Waals surface area contributed by atoms with Crippen molar-refractivity contribution in [2.75, 3.05) is 7.11 Å². The second kappa shape index (κ2) is 8.10. The van der Waals surface area contributed by atoms with Crippen LogP contribution < -0.4 is 5.32 Å². The standard InChI is InChI=1S/C11H21NO4/c1-4-5-6-7-9(11(14)15)12-10(13)8(2)16-3/h8-9H,4-7H2,1-3H3,(H,12,13)(H,14,15). The number of rotatable bonds is 8. The topological polar surface area (TPSA) is 75.6 Å². The summed E-state index contributed by atoms with van der Waals surface area (Å²) in [6.45, 7) is 3.63. The third-order valence-corrected chi connectivity index (χ3v) is 2.43. The first-order valence-electron chi connectivity index (χ1n) is 5.58. The zero-order valence-electron chi connectivity index (χ0n) is 10.2. The fraction of sp³-hybridized carbons (Fsp3) is 0.818. The van der Waals surface area contributed by atoms with E-state index in [9.17, 15) is 9.59 Å². The fourth-order valence-corrected chi connectivity index (χ4v) is 1.25. The van der Waals surface area contributed by atoms with Gasteiger partial charge < -0.3 is 15.2 Å². The maximum absolute atomic E-state index is 11.4. The van der Waals surface area contributed by atoms with Gasteiger partial charge in [-0.3, -0.25) is 4.79 Å². The number of hydrogen-bond donors (Lipinski definition) is 2. The van der Waals surface area contributed by atoms with E-state index in [1.165, 1.54) is 7.11 Å². The summed E-state index contributed by atoms with van der Waals surface area (Å²) in [5.74, 6) is -1.38. The molecule has 0 heterocycles. The van der Waals surface area contributed by atoms with Crippen LogP contribution in [-0.4, -0.2) is 36.2 Å². The number of unbranched alkanes of at least 4 members (excludes halogenated alkanes) is 2. The minimum absolute atomic E-state index is 0.383. The molecule has 0 fully saturated rings. The van der Waals surface area contributed by atoms with Crippen LogP contribution in [-0.2, 0) is 14.3 Å². The summed E-state index contributed by atoms with van der Waals surface area (Å²) < 4.78 is 4.81. The van der Waals surface area contributed by atoms with Crippen molar-refractivity contribution >= 4 is 11.9 Å². The maximum Gasteiger partial charge on any atom is 0.326 e. The van der Waals surface area contributed by atoms with Crippen LogP contribution in [0.15, 0.2) is 0 Å². The number of methoxy groups -OCH3 is 1.